The molecule has 1 aromatic heterocycles. The van der Waals surface area contributed by atoms with Gasteiger partial charge in [-0.3, -0.25) is 9.59 Å². The molecule has 1 aliphatic heterocycles. The van der Waals surface area contributed by atoms with Crippen LogP contribution in [0, 0.1) is 0 Å². The number of carbonyl (C=O) groups excluding carboxylic acids is 1. The summed E-state index contributed by atoms with van der Waals surface area (Å²) in [6, 6.07) is 22.5. The minimum atomic E-state index is -0.487. The van der Waals surface area contributed by atoms with E-state index < -0.39 is 6.04 Å². The van der Waals surface area contributed by atoms with E-state index >= 15 is 0 Å². The summed E-state index contributed by atoms with van der Waals surface area (Å²) in [5.74, 6) is -0.110. The molecule has 5 rings (SSSR count). The number of amides is 1. The van der Waals surface area contributed by atoms with Crippen molar-refractivity contribution in [2.24, 2.45) is 0 Å². The molecule has 1 unspecified atom stereocenters. The summed E-state index contributed by atoms with van der Waals surface area (Å²) in [6.45, 7) is 0.479. The molecule has 4 nitrogen and oxygen atoms in total. The molecular formula is C25H17Br2NO3. The molecule has 0 saturated heterocycles. The summed E-state index contributed by atoms with van der Waals surface area (Å²) in [7, 11) is 0. The van der Waals surface area contributed by atoms with Crippen molar-refractivity contribution in [2.45, 2.75) is 12.5 Å². The van der Waals surface area contributed by atoms with Crippen LogP contribution < -0.4 is 5.43 Å². The lowest BCUT2D eigenvalue weighted by atomic mass is 9.98. The Morgan fingerprint density at radius 1 is 0.871 bits per heavy atom. The highest BCUT2D eigenvalue weighted by Crippen LogP contribution is 2.38. The fourth-order valence-electron chi connectivity index (χ4n) is 4.11. The number of nitrogens with zero attached hydrogens (tertiary/aromatic N) is 1. The number of hydrogen-bond donors (Lipinski definition) is 0. The Hall–Kier alpha value is -2.70. The molecule has 6 heteroatoms. The molecular weight excluding hydrogens is 522 g/mol. The second kappa shape index (κ2) is 8.09. The maximum absolute atomic E-state index is 13.5. The fourth-order valence-corrected chi connectivity index (χ4v) is 4.73. The number of carbonyl (C=O) groups is 1. The minimum absolute atomic E-state index is 0.140. The van der Waals surface area contributed by atoms with Gasteiger partial charge in [0.1, 0.15) is 5.58 Å². The Kier molecular flexibility index (Phi) is 5.28. The van der Waals surface area contributed by atoms with Gasteiger partial charge in [-0.15, -0.1) is 0 Å². The monoisotopic (exact) mass is 537 g/mol. The first-order chi connectivity index (χ1) is 15.0. The minimum Gasteiger partial charge on any atom is -0.450 e. The molecule has 2 heterocycles. The SMILES string of the molecule is O=C1c2oc3ccc(Br)cc3c(=O)c2C(c2ccc(Br)cc2)N1CCc1ccccc1. The zero-order valence-corrected chi connectivity index (χ0v) is 19.5. The van der Waals surface area contributed by atoms with E-state index in [0.29, 0.717) is 29.5 Å². The number of hydrogen-bond acceptors (Lipinski definition) is 3. The van der Waals surface area contributed by atoms with Crippen molar-refractivity contribution >= 4 is 48.7 Å². The van der Waals surface area contributed by atoms with Crippen LogP contribution >= 0.6 is 31.9 Å². The Morgan fingerprint density at radius 2 is 1.58 bits per heavy atom. The van der Waals surface area contributed by atoms with Crippen molar-refractivity contribution < 1.29 is 9.21 Å². The maximum atomic E-state index is 13.5. The van der Waals surface area contributed by atoms with E-state index in [2.05, 4.69) is 31.9 Å². The summed E-state index contributed by atoms with van der Waals surface area (Å²) in [4.78, 5) is 28.7. The van der Waals surface area contributed by atoms with E-state index in [0.717, 1.165) is 20.1 Å². The molecule has 0 fully saturated rings. The predicted octanol–water partition coefficient (Wildman–Crippen LogP) is 6.11. The van der Waals surface area contributed by atoms with Crippen molar-refractivity contribution in [1.82, 2.24) is 4.90 Å². The highest BCUT2D eigenvalue weighted by molar-refractivity contribution is 9.10. The summed E-state index contributed by atoms with van der Waals surface area (Å²) >= 11 is 6.89. The lowest BCUT2D eigenvalue weighted by molar-refractivity contribution is 0.0730. The Balaban J connectivity index is 1.66. The zero-order chi connectivity index (χ0) is 21.5. The first-order valence-electron chi connectivity index (χ1n) is 9.89. The topological polar surface area (TPSA) is 50.5 Å². The molecule has 1 atom stereocenters. The Labute approximate surface area is 195 Å². The van der Waals surface area contributed by atoms with Crippen LogP contribution in [0.4, 0.5) is 0 Å². The predicted molar refractivity (Wildman–Crippen MR) is 127 cm³/mol. The molecule has 0 saturated carbocycles. The third-order valence-corrected chi connectivity index (χ3v) is 6.62. The quantitative estimate of drug-likeness (QED) is 0.315. The van der Waals surface area contributed by atoms with Crippen LogP contribution in [0.25, 0.3) is 11.0 Å². The van der Waals surface area contributed by atoms with Gasteiger partial charge in [0.05, 0.1) is 17.0 Å². The average molecular weight is 539 g/mol. The van der Waals surface area contributed by atoms with Gasteiger partial charge < -0.3 is 9.32 Å². The average Bonchev–Trinajstić information content (AvgIpc) is 3.06. The van der Waals surface area contributed by atoms with Gasteiger partial charge in [-0.25, -0.2) is 0 Å². The van der Waals surface area contributed by atoms with Crippen LogP contribution in [-0.2, 0) is 6.42 Å². The number of benzene rings is 3. The van der Waals surface area contributed by atoms with E-state index in [4.69, 9.17) is 4.42 Å². The fraction of sp³-hybridized carbons (Fsp3) is 0.120. The second-order valence-corrected chi connectivity index (χ2v) is 9.33. The highest BCUT2D eigenvalue weighted by atomic mass is 79.9. The van der Waals surface area contributed by atoms with E-state index in [1.165, 1.54) is 0 Å². The van der Waals surface area contributed by atoms with Crippen molar-refractivity contribution in [3.8, 4) is 0 Å². The van der Waals surface area contributed by atoms with Crippen molar-refractivity contribution in [3.63, 3.8) is 0 Å². The van der Waals surface area contributed by atoms with Gasteiger partial charge in [0.2, 0.25) is 5.76 Å². The van der Waals surface area contributed by atoms with Crippen LogP contribution in [0.2, 0.25) is 0 Å². The molecule has 0 bridgehead atoms. The smallest absolute Gasteiger partial charge is 0.290 e. The third kappa shape index (κ3) is 3.64. The van der Waals surface area contributed by atoms with Crippen LogP contribution in [0.1, 0.15) is 33.3 Å². The lowest BCUT2D eigenvalue weighted by Gasteiger charge is -2.25. The Morgan fingerprint density at radius 3 is 2.32 bits per heavy atom. The van der Waals surface area contributed by atoms with E-state index in [1.807, 2.05) is 54.6 Å². The van der Waals surface area contributed by atoms with E-state index in [-0.39, 0.29) is 17.1 Å². The maximum Gasteiger partial charge on any atom is 0.290 e. The summed E-state index contributed by atoms with van der Waals surface area (Å²) in [5.41, 5.74) is 2.67. The largest absolute Gasteiger partial charge is 0.450 e. The summed E-state index contributed by atoms with van der Waals surface area (Å²) in [6.07, 6.45) is 0.687. The molecule has 0 aliphatic carbocycles. The van der Waals surface area contributed by atoms with Gasteiger partial charge in [0.15, 0.2) is 5.43 Å². The molecule has 0 N–H and O–H groups in total. The highest BCUT2D eigenvalue weighted by Gasteiger charge is 2.42. The Bertz CT molecular complexity index is 1350. The van der Waals surface area contributed by atoms with Gasteiger partial charge in [-0.05, 0) is 47.9 Å². The van der Waals surface area contributed by atoms with Gasteiger partial charge in [0, 0.05) is 15.5 Å². The van der Waals surface area contributed by atoms with Gasteiger partial charge in [-0.1, -0.05) is 74.3 Å². The molecule has 154 valence electrons. The third-order valence-electron chi connectivity index (χ3n) is 5.60. The van der Waals surface area contributed by atoms with Crippen LogP contribution in [0.3, 0.4) is 0 Å². The molecule has 3 aromatic carbocycles. The molecule has 0 radical (unpaired) electrons. The molecule has 4 aromatic rings. The van der Waals surface area contributed by atoms with Crippen molar-refractivity contribution in [3.05, 3.63) is 114 Å². The lowest BCUT2D eigenvalue weighted by Crippen LogP contribution is -2.31. The van der Waals surface area contributed by atoms with Gasteiger partial charge in [0.25, 0.3) is 5.91 Å². The molecule has 0 spiro atoms. The number of fused-ring (bicyclic) bond motifs is 2. The summed E-state index contributed by atoms with van der Waals surface area (Å²) < 4.78 is 7.71. The first-order valence-corrected chi connectivity index (χ1v) is 11.5. The van der Waals surface area contributed by atoms with Crippen LogP contribution in [-0.4, -0.2) is 17.4 Å². The van der Waals surface area contributed by atoms with E-state index in [1.54, 1.807) is 23.1 Å². The summed E-state index contributed by atoms with van der Waals surface area (Å²) in [5, 5.41) is 0.466. The number of halogens is 2. The number of rotatable bonds is 4. The zero-order valence-electron chi connectivity index (χ0n) is 16.3. The van der Waals surface area contributed by atoms with Crippen LogP contribution in [0.5, 0.6) is 0 Å². The van der Waals surface area contributed by atoms with Crippen molar-refractivity contribution in [1.29, 1.82) is 0 Å². The molecule has 31 heavy (non-hydrogen) atoms. The van der Waals surface area contributed by atoms with Gasteiger partial charge in [-0.2, -0.15) is 0 Å². The normalized spacial score (nSPS) is 15.5. The van der Waals surface area contributed by atoms with Crippen molar-refractivity contribution in [2.75, 3.05) is 6.54 Å². The van der Waals surface area contributed by atoms with Gasteiger partial charge >= 0.3 is 0 Å². The standard InChI is InChI=1S/C25H17Br2NO3/c26-17-8-6-16(7-9-17)22-21-23(29)19-14-18(27)10-11-20(19)31-24(21)25(30)28(22)13-12-15-4-2-1-3-5-15/h1-11,14,22H,12-13H2. The molecule has 1 aliphatic rings. The second-order valence-electron chi connectivity index (χ2n) is 7.50. The van der Waals surface area contributed by atoms with E-state index in [9.17, 15) is 9.59 Å². The first kappa shape index (κ1) is 20.2. The van der Waals surface area contributed by atoms with Crippen LogP contribution in [0.15, 0.2) is 91.0 Å². The molecule has 1 amide bonds.